The smallest absolute Gasteiger partial charge is 0.871 e. The van der Waals surface area contributed by atoms with Crippen molar-refractivity contribution < 1.29 is 37.5 Å². The molecule has 33 heavy (non-hydrogen) atoms. The summed E-state index contributed by atoms with van der Waals surface area (Å²) >= 11 is 9.09. The SMILES string of the molecule is Cc1ncc(CO)c(/C=N/NC(N)=S)c1[O-].Cc1ncc(CO)c(/C=N/NC(N)=S)c1[O-].[Mn+2]. The molecule has 0 aliphatic carbocycles. The molecule has 1 radical (unpaired) electrons. The first kappa shape index (κ1) is 30.1. The third kappa shape index (κ3) is 9.61. The number of hydrazone groups is 2. The van der Waals surface area contributed by atoms with Gasteiger partial charge in [-0.05, 0) is 49.4 Å². The van der Waals surface area contributed by atoms with Gasteiger partial charge in [0.2, 0.25) is 0 Å². The van der Waals surface area contributed by atoms with Gasteiger partial charge in [0.15, 0.2) is 10.2 Å². The van der Waals surface area contributed by atoms with E-state index in [-0.39, 0.29) is 63.1 Å². The summed E-state index contributed by atoms with van der Waals surface area (Å²) in [5, 5.41) is 48.7. The Morgan fingerprint density at radius 2 is 1.24 bits per heavy atom. The molecular weight excluding hydrogens is 511 g/mol. The molecule has 0 aromatic carbocycles. The van der Waals surface area contributed by atoms with Crippen LogP contribution in [0.5, 0.6) is 11.5 Å². The van der Waals surface area contributed by atoms with E-state index in [1.165, 1.54) is 24.8 Å². The fourth-order valence-electron chi connectivity index (χ4n) is 2.14. The second kappa shape index (κ2) is 15.0. The van der Waals surface area contributed by atoms with Gasteiger partial charge in [-0.15, -0.1) is 0 Å². The zero-order valence-corrected chi connectivity index (χ0v) is 20.4. The van der Waals surface area contributed by atoms with Crippen LogP contribution in [0.2, 0.25) is 0 Å². The van der Waals surface area contributed by atoms with Crippen molar-refractivity contribution >= 4 is 47.1 Å². The minimum Gasteiger partial charge on any atom is -0.871 e. The van der Waals surface area contributed by atoms with E-state index in [1.807, 2.05) is 0 Å². The van der Waals surface area contributed by atoms with Crippen molar-refractivity contribution in [3.8, 4) is 11.5 Å². The minimum absolute atomic E-state index is 0. The third-order valence-electron chi connectivity index (χ3n) is 3.74. The average molecular weight is 533 g/mol. The predicted octanol–water partition coefficient (Wildman–Crippen LogP) is -1.76. The van der Waals surface area contributed by atoms with Crippen molar-refractivity contribution in [2.45, 2.75) is 27.1 Å². The summed E-state index contributed by atoms with van der Waals surface area (Å²) in [6.07, 6.45) is 5.39. The molecule has 8 N–H and O–H groups in total. The first-order valence-corrected chi connectivity index (χ1v) is 9.63. The number of rotatable bonds is 6. The van der Waals surface area contributed by atoms with Gasteiger partial charge >= 0.3 is 17.1 Å². The van der Waals surface area contributed by atoms with Crippen LogP contribution in [0, 0.1) is 13.8 Å². The molecule has 2 aromatic heterocycles. The van der Waals surface area contributed by atoms with Gasteiger partial charge in [0.1, 0.15) is 0 Å². The number of nitrogens with zero attached hydrogens (tertiary/aromatic N) is 4. The minimum atomic E-state index is -0.281. The summed E-state index contributed by atoms with van der Waals surface area (Å²) in [5.74, 6) is -0.555. The van der Waals surface area contributed by atoms with Crippen molar-refractivity contribution in [1.82, 2.24) is 20.8 Å². The number of thiocarbonyl (C=S) groups is 2. The maximum Gasteiger partial charge on any atom is 2.00 e. The molecule has 0 unspecified atom stereocenters. The van der Waals surface area contributed by atoms with Crippen LogP contribution in [-0.2, 0) is 30.3 Å². The molecule has 0 amide bonds. The number of pyridine rings is 2. The predicted molar refractivity (Wildman–Crippen MR) is 124 cm³/mol. The standard InChI is InChI=1S/2C9H12N4O2S.Mn/c2*1-5-8(15)7(3-12-13-9(10)16)6(4-14)2-11-5;/h2*2-3,14-15H,4H2,1H3,(H3,10,13,16);/q;;+2/p-2/b2*12-3+;. The normalized spacial score (nSPS) is 10.3. The number of hydrogen-bond donors (Lipinski definition) is 6. The quantitative estimate of drug-likeness (QED) is 0.105. The Labute approximate surface area is 211 Å². The van der Waals surface area contributed by atoms with Crippen LogP contribution in [0.15, 0.2) is 22.6 Å². The first-order chi connectivity index (χ1) is 15.1. The van der Waals surface area contributed by atoms with Gasteiger partial charge in [0.25, 0.3) is 0 Å². The molecule has 0 atom stereocenters. The molecule has 2 heterocycles. The van der Waals surface area contributed by atoms with E-state index in [9.17, 15) is 10.2 Å². The summed E-state index contributed by atoms with van der Waals surface area (Å²) in [7, 11) is 0. The van der Waals surface area contributed by atoms with Gasteiger partial charge in [-0.25, -0.2) is 0 Å². The molecule has 2 aromatic rings. The number of nitrogens with two attached hydrogens (primary N) is 2. The monoisotopic (exact) mass is 533 g/mol. The van der Waals surface area contributed by atoms with Gasteiger partial charge < -0.3 is 31.9 Å². The topological polar surface area (TPSA) is 213 Å². The van der Waals surface area contributed by atoms with Crippen molar-refractivity contribution in [2.75, 3.05) is 0 Å². The average Bonchev–Trinajstić information content (AvgIpc) is 2.74. The van der Waals surface area contributed by atoms with Gasteiger partial charge in [-0.3, -0.25) is 20.8 Å². The van der Waals surface area contributed by atoms with Crippen LogP contribution in [0.4, 0.5) is 0 Å². The van der Waals surface area contributed by atoms with Gasteiger partial charge in [0.05, 0.1) is 25.6 Å². The van der Waals surface area contributed by atoms with Crippen molar-refractivity contribution in [3.63, 3.8) is 0 Å². The summed E-state index contributed by atoms with van der Waals surface area (Å²) in [6.45, 7) is 2.61. The van der Waals surface area contributed by atoms with Crippen LogP contribution in [-0.4, -0.2) is 42.8 Å². The van der Waals surface area contributed by atoms with Crippen LogP contribution >= 0.6 is 24.4 Å². The molecule has 0 saturated carbocycles. The molecule has 2 rings (SSSR count). The molecule has 12 nitrogen and oxygen atoms in total. The molecule has 0 saturated heterocycles. The second-order valence-corrected chi connectivity index (χ2v) is 6.89. The Morgan fingerprint density at radius 1 is 0.909 bits per heavy atom. The number of aliphatic hydroxyl groups excluding tert-OH is 2. The van der Waals surface area contributed by atoms with Crippen LogP contribution in [0.1, 0.15) is 33.6 Å². The van der Waals surface area contributed by atoms with Crippen molar-refractivity contribution in [3.05, 3.63) is 46.0 Å². The molecule has 177 valence electrons. The number of aromatic nitrogens is 2. The Balaban J connectivity index is 0.000000602. The van der Waals surface area contributed by atoms with E-state index < -0.39 is 0 Å². The Morgan fingerprint density at radius 3 is 1.52 bits per heavy atom. The van der Waals surface area contributed by atoms with E-state index in [4.69, 9.17) is 21.7 Å². The summed E-state index contributed by atoms with van der Waals surface area (Å²) < 4.78 is 0. The Kier molecular flexibility index (Phi) is 13.7. The zero-order chi connectivity index (χ0) is 24.3. The van der Waals surface area contributed by atoms with Gasteiger partial charge in [-0.1, -0.05) is 11.5 Å². The Bertz CT molecular complexity index is 955. The second-order valence-electron chi connectivity index (χ2n) is 6.01. The number of aryl methyl sites for hydroxylation is 2. The largest absolute Gasteiger partial charge is 2.00 e. The number of nitrogens with one attached hydrogen (secondary N) is 2. The molecule has 0 aliphatic heterocycles. The van der Waals surface area contributed by atoms with Crippen LogP contribution in [0.3, 0.4) is 0 Å². The van der Waals surface area contributed by atoms with Crippen LogP contribution < -0.4 is 32.5 Å². The van der Waals surface area contributed by atoms with Crippen LogP contribution in [0.25, 0.3) is 0 Å². The van der Waals surface area contributed by atoms with E-state index >= 15 is 0 Å². The zero-order valence-electron chi connectivity index (χ0n) is 17.6. The maximum absolute atomic E-state index is 11.7. The van der Waals surface area contributed by atoms with Crippen molar-refractivity contribution in [1.29, 1.82) is 0 Å². The van der Waals surface area contributed by atoms with E-state index in [2.05, 4.69) is 55.5 Å². The summed E-state index contributed by atoms with van der Waals surface area (Å²) in [4.78, 5) is 7.70. The molecular formula is C18H22MnN8O4S2. The maximum atomic E-state index is 11.7. The molecule has 0 fully saturated rings. The third-order valence-corrected chi connectivity index (χ3v) is 3.93. The van der Waals surface area contributed by atoms with Gasteiger partial charge in [-0.2, -0.15) is 10.2 Å². The fourth-order valence-corrected chi connectivity index (χ4v) is 2.25. The number of aliphatic hydroxyl groups is 2. The Hall–Kier alpha value is -2.94. The van der Waals surface area contributed by atoms with E-state index in [0.717, 1.165) is 0 Å². The van der Waals surface area contributed by atoms with E-state index in [1.54, 1.807) is 13.8 Å². The number of hydrogen-bond acceptors (Lipinski definition) is 10. The molecule has 0 spiro atoms. The molecule has 0 bridgehead atoms. The first-order valence-electron chi connectivity index (χ1n) is 8.82. The summed E-state index contributed by atoms with van der Waals surface area (Å²) in [6, 6.07) is 0. The van der Waals surface area contributed by atoms with Gasteiger partial charge in [0, 0.05) is 34.9 Å². The van der Waals surface area contributed by atoms with E-state index in [0.29, 0.717) is 22.5 Å². The molecule has 0 aliphatic rings. The summed E-state index contributed by atoms with van der Waals surface area (Å²) in [5.41, 5.74) is 17.0. The van der Waals surface area contributed by atoms with Crippen molar-refractivity contribution in [2.24, 2.45) is 21.7 Å². The molecule has 15 heteroatoms. The fraction of sp³-hybridized carbons (Fsp3) is 0.222.